The monoisotopic (exact) mass is 260 g/mol. The Hall–Kier alpha value is -1.55. The van der Waals surface area contributed by atoms with Crippen LogP contribution in [-0.4, -0.2) is 37.0 Å². The third kappa shape index (κ3) is 2.45. The highest BCUT2D eigenvalue weighted by Gasteiger charge is 2.33. The number of hydrogen-bond donors (Lipinski definition) is 1. The van der Waals surface area contributed by atoms with Crippen LogP contribution < -0.4 is 10.1 Å². The van der Waals surface area contributed by atoms with Crippen molar-refractivity contribution in [1.82, 2.24) is 10.2 Å². The molecule has 2 atom stereocenters. The molecule has 0 spiro atoms. The SMILES string of the molecule is CC1CNCC1C(=O)N1CCOc2ccccc2C1. The summed E-state index contributed by atoms with van der Waals surface area (Å²) in [5.74, 6) is 1.71. The van der Waals surface area contributed by atoms with Crippen molar-refractivity contribution in [3.8, 4) is 5.75 Å². The van der Waals surface area contributed by atoms with Gasteiger partial charge in [0.25, 0.3) is 0 Å². The Kier molecular flexibility index (Phi) is 3.42. The summed E-state index contributed by atoms with van der Waals surface area (Å²) in [6, 6.07) is 7.98. The normalized spacial score (nSPS) is 26.5. The Morgan fingerprint density at radius 3 is 3.00 bits per heavy atom. The average Bonchev–Trinajstić information content (AvgIpc) is 2.73. The predicted octanol–water partition coefficient (Wildman–Crippen LogP) is 1.26. The fourth-order valence-electron chi connectivity index (χ4n) is 2.89. The minimum absolute atomic E-state index is 0.116. The second-order valence-electron chi connectivity index (χ2n) is 5.46. The number of ether oxygens (including phenoxy) is 1. The molecule has 2 unspecified atom stereocenters. The van der Waals surface area contributed by atoms with E-state index in [2.05, 4.69) is 12.2 Å². The average molecular weight is 260 g/mol. The molecule has 1 amide bonds. The van der Waals surface area contributed by atoms with Gasteiger partial charge in [-0.3, -0.25) is 4.79 Å². The first-order valence-corrected chi connectivity index (χ1v) is 6.96. The molecular weight excluding hydrogens is 240 g/mol. The van der Waals surface area contributed by atoms with Gasteiger partial charge in [0, 0.05) is 18.7 Å². The Morgan fingerprint density at radius 2 is 2.21 bits per heavy atom. The lowest BCUT2D eigenvalue weighted by Gasteiger charge is -2.25. The molecule has 0 saturated carbocycles. The zero-order valence-electron chi connectivity index (χ0n) is 11.3. The quantitative estimate of drug-likeness (QED) is 0.826. The van der Waals surface area contributed by atoms with Crippen molar-refractivity contribution in [3.63, 3.8) is 0 Å². The van der Waals surface area contributed by atoms with E-state index in [-0.39, 0.29) is 11.8 Å². The Bertz CT molecular complexity index is 475. The van der Waals surface area contributed by atoms with E-state index in [0.717, 1.165) is 24.4 Å². The Morgan fingerprint density at radius 1 is 1.37 bits per heavy atom. The number of carbonyl (C=O) groups is 1. The Labute approximate surface area is 113 Å². The van der Waals surface area contributed by atoms with Crippen LogP contribution in [-0.2, 0) is 11.3 Å². The van der Waals surface area contributed by atoms with Crippen molar-refractivity contribution in [3.05, 3.63) is 29.8 Å². The van der Waals surface area contributed by atoms with Crippen LogP contribution in [0.15, 0.2) is 24.3 Å². The molecule has 1 aromatic rings. The maximum Gasteiger partial charge on any atom is 0.227 e. The van der Waals surface area contributed by atoms with Crippen LogP contribution in [0.25, 0.3) is 0 Å². The first-order chi connectivity index (χ1) is 9.25. The molecule has 3 rings (SSSR count). The fraction of sp³-hybridized carbons (Fsp3) is 0.533. The number of nitrogens with zero attached hydrogens (tertiary/aromatic N) is 1. The summed E-state index contributed by atoms with van der Waals surface area (Å²) < 4.78 is 5.71. The van der Waals surface area contributed by atoms with Crippen LogP contribution in [0, 0.1) is 11.8 Å². The second-order valence-corrected chi connectivity index (χ2v) is 5.46. The first-order valence-electron chi connectivity index (χ1n) is 6.96. The molecule has 0 radical (unpaired) electrons. The van der Waals surface area contributed by atoms with Crippen LogP contribution in [0.2, 0.25) is 0 Å². The highest BCUT2D eigenvalue weighted by molar-refractivity contribution is 5.80. The van der Waals surface area contributed by atoms with E-state index in [4.69, 9.17) is 4.74 Å². The van der Waals surface area contributed by atoms with Gasteiger partial charge in [0.2, 0.25) is 5.91 Å². The molecule has 0 bridgehead atoms. The summed E-state index contributed by atoms with van der Waals surface area (Å²) in [7, 11) is 0. The largest absolute Gasteiger partial charge is 0.491 e. The van der Waals surface area contributed by atoms with Gasteiger partial charge in [-0.25, -0.2) is 0 Å². The lowest BCUT2D eigenvalue weighted by atomic mass is 9.96. The highest BCUT2D eigenvalue weighted by Crippen LogP contribution is 2.25. The van der Waals surface area contributed by atoms with E-state index in [1.54, 1.807) is 0 Å². The first kappa shape index (κ1) is 12.5. The lowest BCUT2D eigenvalue weighted by molar-refractivity contribution is -0.136. The molecule has 2 aliphatic rings. The standard InChI is InChI=1S/C15H20N2O2/c1-11-8-16-9-13(11)15(18)17-6-7-19-14-5-3-2-4-12(14)10-17/h2-5,11,13,16H,6-10H2,1H3. The number of hydrogen-bond acceptors (Lipinski definition) is 3. The zero-order valence-corrected chi connectivity index (χ0v) is 11.3. The van der Waals surface area contributed by atoms with Crippen LogP contribution in [0.4, 0.5) is 0 Å². The van der Waals surface area contributed by atoms with Crippen molar-refractivity contribution in [2.75, 3.05) is 26.2 Å². The molecule has 2 heterocycles. The second kappa shape index (κ2) is 5.21. The number of fused-ring (bicyclic) bond motifs is 1. The highest BCUT2D eigenvalue weighted by atomic mass is 16.5. The number of para-hydroxylation sites is 1. The van der Waals surface area contributed by atoms with Gasteiger partial charge in [-0.05, 0) is 18.5 Å². The maximum absolute atomic E-state index is 12.6. The molecule has 1 saturated heterocycles. The summed E-state index contributed by atoms with van der Waals surface area (Å²) in [5, 5.41) is 3.30. The third-order valence-electron chi connectivity index (χ3n) is 4.10. The van der Waals surface area contributed by atoms with Gasteiger partial charge in [-0.1, -0.05) is 25.1 Å². The third-order valence-corrected chi connectivity index (χ3v) is 4.10. The van der Waals surface area contributed by atoms with Gasteiger partial charge in [0.1, 0.15) is 12.4 Å². The van der Waals surface area contributed by atoms with E-state index in [1.165, 1.54) is 0 Å². The number of amides is 1. The van der Waals surface area contributed by atoms with Crippen molar-refractivity contribution in [1.29, 1.82) is 0 Å². The minimum Gasteiger partial charge on any atom is -0.491 e. The van der Waals surface area contributed by atoms with Gasteiger partial charge < -0.3 is 15.0 Å². The summed E-state index contributed by atoms with van der Waals surface area (Å²) >= 11 is 0. The summed E-state index contributed by atoms with van der Waals surface area (Å²) in [5.41, 5.74) is 1.10. The Balaban J connectivity index is 1.77. The van der Waals surface area contributed by atoms with E-state index < -0.39 is 0 Å². The van der Waals surface area contributed by atoms with Crippen molar-refractivity contribution < 1.29 is 9.53 Å². The molecule has 1 fully saturated rings. The molecule has 4 nitrogen and oxygen atoms in total. The van der Waals surface area contributed by atoms with Crippen molar-refractivity contribution >= 4 is 5.91 Å². The van der Waals surface area contributed by atoms with E-state index in [9.17, 15) is 4.79 Å². The van der Waals surface area contributed by atoms with Crippen LogP contribution in [0.3, 0.4) is 0 Å². The fourth-order valence-corrected chi connectivity index (χ4v) is 2.89. The predicted molar refractivity (Wildman–Crippen MR) is 72.9 cm³/mol. The van der Waals surface area contributed by atoms with Crippen LogP contribution in [0.1, 0.15) is 12.5 Å². The molecule has 0 aliphatic carbocycles. The smallest absolute Gasteiger partial charge is 0.227 e. The van der Waals surface area contributed by atoms with Gasteiger partial charge in [-0.2, -0.15) is 0 Å². The van der Waals surface area contributed by atoms with Crippen LogP contribution in [0.5, 0.6) is 5.75 Å². The van der Waals surface area contributed by atoms with Crippen LogP contribution >= 0.6 is 0 Å². The molecule has 19 heavy (non-hydrogen) atoms. The molecule has 1 N–H and O–H groups in total. The summed E-state index contributed by atoms with van der Waals surface area (Å²) in [6.45, 7) is 5.81. The molecule has 102 valence electrons. The molecule has 4 heteroatoms. The van der Waals surface area contributed by atoms with Gasteiger partial charge >= 0.3 is 0 Å². The van der Waals surface area contributed by atoms with Gasteiger partial charge in [-0.15, -0.1) is 0 Å². The number of rotatable bonds is 1. The maximum atomic E-state index is 12.6. The van der Waals surface area contributed by atoms with Gasteiger partial charge in [0.05, 0.1) is 12.5 Å². The van der Waals surface area contributed by atoms with Crippen molar-refractivity contribution in [2.45, 2.75) is 13.5 Å². The number of benzene rings is 1. The van der Waals surface area contributed by atoms with E-state index in [1.807, 2.05) is 29.2 Å². The minimum atomic E-state index is 0.116. The summed E-state index contributed by atoms with van der Waals surface area (Å²) in [4.78, 5) is 14.5. The number of nitrogens with one attached hydrogen (secondary N) is 1. The zero-order chi connectivity index (χ0) is 13.2. The van der Waals surface area contributed by atoms with Gasteiger partial charge in [0.15, 0.2) is 0 Å². The summed E-state index contributed by atoms with van der Waals surface area (Å²) in [6.07, 6.45) is 0. The number of carbonyl (C=O) groups excluding carboxylic acids is 1. The molecular formula is C15H20N2O2. The molecule has 1 aromatic carbocycles. The van der Waals surface area contributed by atoms with E-state index in [0.29, 0.717) is 25.6 Å². The van der Waals surface area contributed by atoms with E-state index >= 15 is 0 Å². The van der Waals surface area contributed by atoms with Crippen molar-refractivity contribution in [2.24, 2.45) is 11.8 Å². The molecule has 2 aliphatic heterocycles. The lowest BCUT2D eigenvalue weighted by Crippen LogP contribution is -2.39. The topological polar surface area (TPSA) is 41.6 Å². The molecule has 0 aromatic heterocycles.